The zero-order valence-electron chi connectivity index (χ0n) is 9.57. The van der Waals surface area contributed by atoms with E-state index in [0.717, 1.165) is 0 Å². The fourth-order valence-corrected chi connectivity index (χ4v) is 3.02. The number of nitro groups is 1. The molecule has 0 radical (unpaired) electrons. The van der Waals surface area contributed by atoms with Crippen molar-refractivity contribution in [2.45, 2.75) is 6.92 Å². The third-order valence-electron chi connectivity index (χ3n) is 2.17. The second-order valence-corrected chi connectivity index (χ2v) is 5.04. The number of aryl methyl sites for hydroxylation is 1. The van der Waals surface area contributed by atoms with Gasteiger partial charge in [0.05, 0.1) is 10.6 Å². The number of nitrogens with one attached hydrogen (secondary N) is 1. The second kappa shape index (κ2) is 6.32. The molecule has 6 nitrogen and oxygen atoms in total. The molecule has 0 heterocycles. The van der Waals surface area contributed by atoms with Gasteiger partial charge in [-0.1, -0.05) is 0 Å². The maximum absolute atomic E-state index is 11.0. The Morgan fingerprint density at radius 2 is 2.05 bits per heavy atom. The molecule has 0 spiro atoms. The van der Waals surface area contributed by atoms with E-state index in [2.05, 4.69) is 37.2 Å². The molecule has 19 heavy (non-hydrogen) atoms. The van der Waals surface area contributed by atoms with Crippen LogP contribution in [0.4, 0.5) is 11.4 Å². The minimum absolute atomic E-state index is 0.0745. The van der Waals surface area contributed by atoms with E-state index in [4.69, 9.17) is 10.5 Å². The smallest absolute Gasteiger partial charge is 0.288 e. The maximum atomic E-state index is 11.0. The van der Waals surface area contributed by atoms with E-state index in [1.807, 2.05) is 0 Å². The van der Waals surface area contributed by atoms with Crippen molar-refractivity contribution in [3.8, 4) is 12.1 Å². The van der Waals surface area contributed by atoms with Gasteiger partial charge < -0.3 is 5.32 Å². The molecule has 0 aliphatic heterocycles. The van der Waals surface area contributed by atoms with Crippen molar-refractivity contribution in [1.82, 2.24) is 0 Å². The lowest BCUT2D eigenvalue weighted by molar-refractivity contribution is -0.386. The van der Waals surface area contributed by atoms with Crippen LogP contribution < -0.4 is 5.32 Å². The molecule has 0 unspecified atom stereocenters. The van der Waals surface area contributed by atoms with Gasteiger partial charge in [-0.25, -0.2) is 0 Å². The van der Waals surface area contributed by atoms with Gasteiger partial charge in [-0.15, -0.1) is 0 Å². The van der Waals surface area contributed by atoms with Gasteiger partial charge >= 0.3 is 0 Å². The molecule has 0 bridgehead atoms. The Morgan fingerprint density at radius 3 is 2.53 bits per heavy atom. The minimum atomic E-state index is -0.504. The van der Waals surface area contributed by atoms with Crippen LogP contribution >= 0.6 is 31.9 Å². The molecule has 1 rings (SSSR count). The van der Waals surface area contributed by atoms with Crippen LogP contribution in [-0.4, -0.2) is 4.92 Å². The lowest BCUT2D eigenvalue weighted by Gasteiger charge is -2.09. The second-order valence-electron chi connectivity index (χ2n) is 3.40. The number of hydrogen-bond acceptors (Lipinski definition) is 5. The molecule has 0 amide bonds. The highest BCUT2D eigenvalue weighted by Gasteiger charge is 2.21. The molecule has 0 saturated carbocycles. The van der Waals surface area contributed by atoms with Crippen molar-refractivity contribution >= 4 is 43.2 Å². The van der Waals surface area contributed by atoms with Gasteiger partial charge in [0, 0.05) is 16.2 Å². The van der Waals surface area contributed by atoms with Crippen molar-refractivity contribution in [2.24, 2.45) is 0 Å². The summed E-state index contributed by atoms with van der Waals surface area (Å²) in [5.41, 5.74) is 0.649. The fraction of sp³-hybridized carbons (Fsp3) is 0.0909. The van der Waals surface area contributed by atoms with E-state index < -0.39 is 4.92 Å². The minimum Gasteiger partial charge on any atom is -0.358 e. The van der Waals surface area contributed by atoms with Crippen LogP contribution in [0.2, 0.25) is 0 Å². The Kier molecular flexibility index (Phi) is 5.04. The van der Waals surface area contributed by atoms with Gasteiger partial charge in [0.25, 0.3) is 5.69 Å². The number of benzene rings is 1. The summed E-state index contributed by atoms with van der Waals surface area (Å²) in [5.74, 6) is 0. The predicted molar refractivity (Wildman–Crippen MR) is 76.2 cm³/mol. The molecule has 1 N–H and O–H groups in total. The number of nitrogens with zero attached hydrogens (tertiary/aromatic N) is 3. The van der Waals surface area contributed by atoms with Crippen LogP contribution in [0.15, 0.2) is 26.8 Å². The Balaban J connectivity index is 3.35. The van der Waals surface area contributed by atoms with Crippen LogP contribution in [0.5, 0.6) is 0 Å². The number of anilines is 1. The van der Waals surface area contributed by atoms with E-state index in [1.165, 1.54) is 6.20 Å². The van der Waals surface area contributed by atoms with Crippen LogP contribution in [0.25, 0.3) is 0 Å². The first kappa shape index (κ1) is 15.2. The number of allylic oxidation sites excluding steroid dienone is 1. The maximum Gasteiger partial charge on any atom is 0.288 e. The monoisotopic (exact) mass is 384 g/mol. The van der Waals surface area contributed by atoms with Gasteiger partial charge in [0.1, 0.15) is 22.2 Å². The Morgan fingerprint density at radius 1 is 1.47 bits per heavy atom. The summed E-state index contributed by atoms with van der Waals surface area (Å²) in [6, 6.07) is 4.95. The molecule has 1 aromatic carbocycles. The Labute approximate surface area is 125 Å². The van der Waals surface area contributed by atoms with Gasteiger partial charge in [-0.3, -0.25) is 10.1 Å². The van der Waals surface area contributed by atoms with Crippen molar-refractivity contribution < 1.29 is 4.92 Å². The van der Waals surface area contributed by atoms with Gasteiger partial charge in [0.15, 0.2) is 0 Å². The quantitative estimate of drug-likeness (QED) is 0.484. The summed E-state index contributed by atoms with van der Waals surface area (Å²) in [7, 11) is 0. The first-order valence-electron chi connectivity index (χ1n) is 4.82. The predicted octanol–water partition coefficient (Wildman–Crippen LogP) is 3.77. The average molecular weight is 386 g/mol. The van der Waals surface area contributed by atoms with E-state index in [1.54, 1.807) is 25.1 Å². The van der Waals surface area contributed by atoms with E-state index in [9.17, 15) is 10.1 Å². The Hall–Kier alpha value is -1.90. The molecule has 0 fully saturated rings. The zero-order valence-corrected chi connectivity index (χ0v) is 12.7. The molecule has 0 aromatic heterocycles. The van der Waals surface area contributed by atoms with Crippen LogP contribution in [0, 0.1) is 39.7 Å². The third-order valence-corrected chi connectivity index (χ3v) is 3.56. The molecule has 0 atom stereocenters. The zero-order chi connectivity index (χ0) is 14.6. The lowest BCUT2D eigenvalue weighted by atomic mass is 10.2. The number of rotatable bonds is 3. The summed E-state index contributed by atoms with van der Waals surface area (Å²) >= 11 is 6.41. The third kappa shape index (κ3) is 3.31. The summed E-state index contributed by atoms with van der Waals surface area (Å²) in [4.78, 5) is 10.5. The summed E-state index contributed by atoms with van der Waals surface area (Å²) in [6.07, 6.45) is 1.18. The summed E-state index contributed by atoms with van der Waals surface area (Å²) in [5, 5.41) is 30.9. The van der Waals surface area contributed by atoms with Crippen molar-refractivity contribution in [3.63, 3.8) is 0 Å². The topological polar surface area (TPSA) is 103 Å². The molecule has 0 aliphatic rings. The average Bonchev–Trinajstić information content (AvgIpc) is 2.32. The molecule has 8 heteroatoms. The molecule has 96 valence electrons. The first-order chi connectivity index (χ1) is 8.92. The molecular formula is C11H6Br2N4O2. The number of halogens is 2. The molecule has 0 aliphatic carbocycles. The highest BCUT2D eigenvalue weighted by atomic mass is 79.9. The molecule has 1 aromatic rings. The number of nitro benzene ring substituents is 1. The summed E-state index contributed by atoms with van der Waals surface area (Å²) < 4.78 is 0.824. The number of nitriles is 2. The molecular weight excluding hydrogens is 380 g/mol. The van der Waals surface area contributed by atoms with Gasteiger partial charge in [-0.2, -0.15) is 10.5 Å². The highest BCUT2D eigenvalue weighted by molar-refractivity contribution is 9.11. The normalized spacial score (nSPS) is 9.11. The first-order valence-corrected chi connectivity index (χ1v) is 6.40. The van der Waals surface area contributed by atoms with E-state index >= 15 is 0 Å². The van der Waals surface area contributed by atoms with Crippen LogP contribution in [0.3, 0.4) is 0 Å². The van der Waals surface area contributed by atoms with Crippen LogP contribution in [0.1, 0.15) is 5.56 Å². The standard InChI is InChI=1S/C11H6Br2N4O2/c1-6-2-8(12)10(9(13)11(6)17(18)19)16-5-7(3-14)4-15/h2,5,16H,1H3. The van der Waals surface area contributed by atoms with Crippen molar-refractivity contribution in [3.05, 3.63) is 42.5 Å². The van der Waals surface area contributed by atoms with Crippen LogP contribution in [-0.2, 0) is 0 Å². The highest BCUT2D eigenvalue weighted by Crippen LogP contribution is 2.40. The fourth-order valence-electron chi connectivity index (χ4n) is 1.32. The van der Waals surface area contributed by atoms with Crippen molar-refractivity contribution in [1.29, 1.82) is 10.5 Å². The number of hydrogen-bond donors (Lipinski definition) is 1. The lowest BCUT2D eigenvalue weighted by Crippen LogP contribution is -1.99. The van der Waals surface area contributed by atoms with Gasteiger partial charge in [-0.05, 0) is 44.8 Å². The SMILES string of the molecule is Cc1cc(Br)c(NC=C(C#N)C#N)c(Br)c1[N+](=O)[O-]. The van der Waals surface area contributed by atoms with E-state index in [0.29, 0.717) is 15.7 Å². The Bertz CT molecular complexity index is 640. The summed E-state index contributed by atoms with van der Waals surface area (Å²) in [6.45, 7) is 1.61. The van der Waals surface area contributed by atoms with Crippen molar-refractivity contribution in [2.75, 3.05) is 5.32 Å². The van der Waals surface area contributed by atoms with Gasteiger partial charge in [0.2, 0.25) is 0 Å². The molecule has 0 saturated heterocycles. The largest absolute Gasteiger partial charge is 0.358 e. The van der Waals surface area contributed by atoms with E-state index in [-0.39, 0.29) is 15.7 Å².